The van der Waals surface area contributed by atoms with Crippen molar-refractivity contribution in [3.05, 3.63) is 47.7 Å². The normalized spacial score (nSPS) is 18.2. The Morgan fingerprint density at radius 1 is 1.23 bits per heavy atom. The number of aliphatic hydroxyl groups excluding tert-OH is 2. The molecular formula is C20H25N3O3. The van der Waals surface area contributed by atoms with E-state index in [0.29, 0.717) is 17.4 Å². The summed E-state index contributed by atoms with van der Waals surface area (Å²) in [6.07, 6.45) is 5.13. The lowest BCUT2D eigenvalue weighted by Gasteiger charge is -2.19. The molecule has 0 aliphatic carbocycles. The molecule has 0 saturated carbocycles. The maximum absolute atomic E-state index is 9.60. The number of imidazole rings is 1. The fourth-order valence-electron chi connectivity index (χ4n) is 3.87. The van der Waals surface area contributed by atoms with Crippen LogP contribution in [0.15, 0.2) is 35.0 Å². The van der Waals surface area contributed by atoms with E-state index in [4.69, 9.17) is 4.42 Å². The third-order valence-electron chi connectivity index (χ3n) is 5.42. The van der Waals surface area contributed by atoms with Crippen molar-refractivity contribution in [3.63, 3.8) is 0 Å². The van der Waals surface area contributed by atoms with Crippen LogP contribution in [0.4, 0.5) is 0 Å². The van der Waals surface area contributed by atoms with Crippen LogP contribution in [-0.2, 0) is 19.6 Å². The molecule has 4 rings (SSSR count). The second kappa shape index (κ2) is 7.23. The topological polar surface area (TPSA) is 74.7 Å². The SMILES string of the molecule is CC1CCCN1CCc1cc2cc(-n3cnc(CO)c3CO)ccc2o1. The first-order valence-electron chi connectivity index (χ1n) is 9.23. The molecular weight excluding hydrogens is 330 g/mol. The Labute approximate surface area is 152 Å². The predicted octanol–water partition coefficient (Wildman–Crippen LogP) is 2.63. The van der Waals surface area contributed by atoms with Gasteiger partial charge < -0.3 is 24.1 Å². The van der Waals surface area contributed by atoms with Gasteiger partial charge in [-0.2, -0.15) is 0 Å². The summed E-state index contributed by atoms with van der Waals surface area (Å²) in [5.41, 5.74) is 2.87. The van der Waals surface area contributed by atoms with Gasteiger partial charge in [0.25, 0.3) is 0 Å². The second-order valence-corrected chi connectivity index (χ2v) is 7.04. The van der Waals surface area contributed by atoms with Gasteiger partial charge in [-0.25, -0.2) is 4.98 Å². The molecule has 1 aromatic carbocycles. The quantitative estimate of drug-likeness (QED) is 0.711. The monoisotopic (exact) mass is 355 g/mol. The highest BCUT2D eigenvalue weighted by Crippen LogP contribution is 2.25. The van der Waals surface area contributed by atoms with Gasteiger partial charge in [0.2, 0.25) is 0 Å². The molecule has 2 aromatic heterocycles. The van der Waals surface area contributed by atoms with Crippen LogP contribution in [0.3, 0.4) is 0 Å². The summed E-state index contributed by atoms with van der Waals surface area (Å²) in [5, 5.41) is 20.0. The minimum Gasteiger partial charge on any atom is -0.461 e. The van der Waals surface area contributed by atoms with Gasteiger partial charge in [-0.05, 0) is 50.6 Å². The molecule has 1 aliphatic rings. The summed E-state index contributed by atoms with van der Waals surface area (Å²) in [4.78, 5) is 6.69. The molecule has 1 fully saturated rings. The van der Waals surface area contributed by atoms with Crippen molar-refractivity contribution in [2.45, 2.75) is 45.4 Å². The Hall–Kier alpha value is -2.15. The largest absolute Gasteiger partial charge is 0.461 e. The van der Waals surface area contributed by atoms with E-state index >= 15 is 0 Å². The fraction of sp³-hybridized carbons (Fsp3) is 0.450. The van der Waals surface area contributed by atoms with Crippen LogP contribution < -0.4 is 0 Å². The zero-order valence-corrected chi connectivity index (χ0v) is 15.1. The standard InChI is InChI=1S/C20H25N3O3/c1-14-3-2-7-22(14)8-6-17-10-15-9-16(4-5-20(15)26-17)23-13-21-18(11-24)19(23)12-25/h4-5,9-10,13-14,24-25H,2-3,6-8,11-12H2,1H3. The highest BCUT2D eigenvalue weighted by Gasteiger charge is 2.20. The fourth-order valence-corrected chi connectivity index (χ4v) is 3.87. The van der Waals surface area contributed by atoms with Crippen molar-refractivity contribution >= 4 is 11.0 Å². The molecule has 1 unspecified atom stereocenters. The Morgan fingerprint density at radius 2 is 2.12 bits per heavy atom. The van der Waals surface area contributed by atoms with Gasteiger partial charge in [-0.1, -0.05) is 0 Å². The molecule has 1 aliphatic heterocycles. The van der Waals surface area contributed by atoms with E-state index in [1.54, 1.807) is 6.33 Å². The number of likely N-dealkylation sites (tertiary alicyclic amines) is 1. The number of benzene rings is 1. The third-order valence-corrected chi connectivity index (χ3v) is 5.42. The number of hydrogen-bond donors (Lipinski definition) is 2. The van der Waals surface area contributed by atoms with Crippen LogP contribution in [0.5, 0.6) is 0 Å². The molecule has 2 N–H and O–H groups in total. The lowest BCUT2D eigenvalue weighted by atomic mass is 10.2. The molecule has 0 bridgehead atoms. The van der Waals surface area contributed by atoms with Crippen LogP contribution in [0.25, 0.3) is 16.7 Å². The van der Waals surface area contributed by atoms with E-state index in [9.17, 15) is 10.2 Å². The summed E-state index contributed by atoms with van der Waals surface area (Å²) >= 11 is 0. The van der Waals surface area contributed by atoms with E-state index in [-0.39, 0.29) is 13.2 Å². The molecule has 3 heterocycles. The first-order valence-corrected chi connectivity index (χ1v) is 9.23. The minimum atomic E-state index is -0.185. The zero-order valence-electron chi connectivity index (χ0n) is 15.1. The third kappa shape index (κ3) is 3.16. The first-order chi connectivity index (χ1) is 12.7. The van der Waals surface area contributed by atoms with Gasteiger partial charge >= 0.3 is 0 Å². The second-order valence-electron chi connectivity index (χ2n) is 7.04. The summed E-state index contributed by atoms with van der Waals surface area (Å²) in [6, 6.07) is 8.70. The summed E-state index contributed by atoms with van der Waals surface area (Å²) < 4.78 is 7.81. The van der Waals surface area contributed by atoms with Crippen LogP contribution in [0.2, 0.25) is 0 Å². The molecule has 26 heavy (non-hydrogen) atoms. The van der Waals surface area contributed by atoms with Crippen LogP contribution in [-0.4, -0.2) is 43.8 Å². The first kappa shape index (κ1) is 17.3. The van der Waals surface area contributed by atoms with Crippen molar-refractivity contribution in [1.82, 2.24) is 14.5 Å². The van der Waals surface area contributed by atoms with E-state index in [0.717, 1.165) is 35.4 Å². The Morgan fingerprint density at radius 3 is 2.85 bits per heavy atom. The number of rotatable bonds is 6. The Bertz CT molecular complexity index is 899. The molecule has 3 aromatic rings. The predicted molar refractivity (Wildman–Crippen MR) is 99.2 cm³/mol. The van der Waals surface area contributed by atoms with E-state index in [2.05, 4.69) is 22.9 Å². The van der Waals surface area contributed by atoms with Gasteiger partial charge in [0.15, 0.2) is 0 Å². The maximum Gasteiger partial charge on any atom is 0.134 e. The number of nitrogens with zero attached hydrogens (tertiary/aromatic N) is 3. The minimum absolute atomic E-state index is 0.168. The lowest BCUT2D eigenvalue weighted by molar-refractivity contribution is 0.253. The van der Waals surface area contributed by atoms with Crippen molar-refractivity contribution in [2.75, 3.05) is 13.1 Å². The molecule has 138 valence electrons. The summed E-state index contributed by atoms with van der Waals surface area (Å²) in [7, 11) is 0. The number of aromatic nitrogens is 2. The molecule has 0 radical (unpaired) electrons. The van der Waals surface area contributed by atoms with E-state index < -0.39 is 0 Å². The van der Waals surface area contributed by atoms with Gasteiger partial charge in [-0.3, -0.25) is 0 Å². The number of furan rings is 1. The van der Waals surface area contributed by atoms with Crippen LogP contribution in [0.1, 0.15) is 36.9 Å². The smallest absolute Gasteiger partial charge is 0.134 e. The molecule has 6 heteroatoms. The van der Waals surface area contributed by atoms with E-state index in [1.807, 2.05) is 22.8 Å². The Kier molecular flexibility index (Phi) is 4.80. The van der Waals surface area contributed by atoms with Crippen molar-refractivity contribution in [3.8, 4) is 5.69 Å². The lowest BCUT2D eigenvalue weighted by Crippen LogP contribution is -2.28. The summed E-state index contributed by atoms with van der Waals surface area (Å²) in [5.74, 6) is 1.00. The molecule has 1 saturated heterocycles. The zero-order chi connectivity index (χ0) is 18.1. The number of hydrogen-bond acceptors (Lipinski definition) is 5. The van der Waals surface area contributed by atoms with Crippen molar-refractivity contribution in [2.24, 2.45) is 0 Å². The highest BCUT2D eigenvalue weighted by atomic mass is 16.3. The molecule has 6 nitrogen and oxygen atoms in total. The average molecular weight is 355 g/mol. The number of aliphatic hydroxyl groups is 2. The highest BCUT2D eigenvalue weighted by molar-refractivity contribution is 5.80. The van der Waals surface area contributed by atoms with Gasteiger partial charge in [0, 0.05) is 30.1 Å². The van der Waals surface area contributed by atoms with E-state index in [1.165, 1.54) is 19.4 Å². The van der Waals surface area contributed by atoms with Gasteiger partial charge in [-0.15, -0.1) is 0 Å². The van der Waals surface area contributed by atoms with Crippen LogP contribution >= 0.6 is 0 Å². The molecule has 1 atom stereocenters. The van der Waals surface area contributed by atoms with Gasteiger partial charge in [0.05, 0.1) is 30.9 Å². The van der Waals surface area contributed by atoms with Crippen molar-refractivity contribution < 1.29 is 14.6 Å². The maximum atomic E-state index is 9.60. The summed E-state index contributed by atoms with van der Waals surface area (Å²) in [6.45, 7) is 4.16. The average Bonchev–Trinajstić information content (AvgIpc) is 3.36. The molecule has 0 spiro atoms. The van der Waals surface area contributed by atoms with Crippen LogP contribution in [0, 0.1) is 0 Å². The van der Waals surface area contributed by atoms with Crippen molar-refractivity contribution in [1.29, 1.82) is 0 Å². The Balaban J connectivity index is 1.57. The molecule has 0 amide bonds. The number of fused-ring (bicyclic) bond motifs is 1. The van der Waals surface area contributed by atoms with Gasteiger partial charge in [0.1, 0.15) is 11.3 Å².